The Balaban J connectivity index is 2.12. The van der Waals surface area contributed by atoms with Crippen molar-refractivity contribution in [2.45, 2.75) is 38.7 Å². The second-order valence-corrected chi connectivity index (χ2v) is 5.38. The van der Waals surface area contributed by atoms with Gasteiger partial charge in [-0.2, -0.15) is 0 Å². The molecule has 0 bridgehead atoms. The van der Waals surface area contributed by atoms with Crippen LogP contribution in [0.15, 0.2) is 24.3 Å². The van der Waals surface area contributed by atoms with Crippen LogP contribution in [0.25, 0.3) is 0 Å². The molecule has 1 atom stereocenters. The van der Waals surface area contributed by atoms with Gasteiger partial charge in [-0.15, -0.1) is 0 Å². The van der Waals surface area contributed by atoms with Crippen LogP contribution < -0.4 is 0 Å². The smallest absolute Gasteiger partial charge is 0.254 e. The summed E-state index contributed by atoms with van der Waals surface area (Å²) in [5.74, 6) is 0.0493. The number of β-amino-alcohol motifs (C(OH)–C–C–N with tert-alkyl or cyclic N) is 1. The molecule has 1 aliphatic heterocycles. The number of amides is 1. The Kier molecular flexibility index (Phi) is 3.71. The highest BCUT2D eigenvalue weighted by molar-refractivity contribution is 5.96. The van der Waals surface area contributed by atoms with Crippen molar-refractivity contribution >= 4 is 5.91 Å². The Morgan fingerprint density at radius 3 is 2.83 bits per heavy atom. The summed E-state index contributed by atoms with van der Waals surface area (Å²) in [6.45, 7) is 4.98. The molecular weight excluding hydrogens is 226 g/mol. The minimum absolute atomic E-state index is 0.0493. The van der Waals surface area contributed by atoms with Gasteiger partial charge in [0, 0.05) is 18.7 Å². The van der Waals surface area contributed by atoms with Crippen LogP contribution in [0.5, 0.6) is 0 Å². The Labute approximate surface area is 108 Å². The number of rotatable bonds is 4. The molecule has 3 nitrogen and oxygen atoms in total. The molecule has 0 aromatic heterocycles. The van der Waals surface area contributed by atoms with Crippen molar-refractivity contribution in [1.29, 1.82) is 0 Å². The first-order valence-corrected chi connectivity index (χ1v) is 6.63. The van der Waals surface area contributed by atoms with E-state index in [0.29, 0.717) is 13.1 Å². The maximum Gasteiger partial charge on any atom is 0.254 e. The zero-order chi connectivity index (χ0) is 13.2. The molecule has 0 saturated carbocycles. The molecule has 1 aliphatic rings. The van der Waals surface area contributed by atoms with Gasteiger partial charge in [-0.3, -0.25) is 4.79 Å². The predicted molar refractivity (Wildman–Crippen MR) is 71.6 cm³/mol. The van der Waals surface area contributed by atoms with E-state index in [4.69, 9.17) is 0 Å². The monoisotopic (exact) mass is 247 g/mol. The van der Waals surface area contributed by atoms with Gasteiger partial charge < -0.3 is 10.0 Å². The fraction of sp³-hybridized carbons (Fsp3) is 0.533. The molecule has 18 heavy (non-hydrogen) atoms. The van der Waals surface area contributed by atoms with E-state index in [1.807, 2.05) is 38.1 Å². The number of hydrogen-bond acceptors (Lipinski definition) is 2. The molecule has 0 saturated heterocycles. The summed E-state index contributed by atoms with van der Waals surface area (Å²) in [7, 11) is 0. The molecule has 1 aromatic carbocycles. The summed E-state index contributed by atoms with van der Waals surface area (Å²) in [6.07, 6.45) is 2.52. The minimum atomic E-state index is -0.781. The molecule has 2 rings (SSSR count). The van der Waals surface area contributed by atoms with Crippen LogP contribution in [-0.2, 0) is 6.42 Å². The van der Waals surface area contributed by atoms with Crippen LogP contribution in [-0.4, -0.2) is 34.6 Å². The molecule has 0 fully saturated rings. The van der Waals surface area contributed by atoms with Crippen molar-refractivity contribution in [2.75, 3.05) is 13.1 Å². The lowest BCUT2D eigenvalue weighted by Crippen LogP contribution is -2.46. The molecule has 0 radical (unpaired) electrons. The summed E-state index contributed by atoms with van der Waals surface area (Å²) in [5, 5.41) is 10.2. The number of carbonyl (C=O) groups excluding carboxylic acids is 1. The number of hydrogen-bond donors (Lipinski definition) is 1. The maximum absolute atomic E-state index is 12.3. The maximum atomic E-state index is 12.3. The fourth-order valence-electron chi connectivity index (χ4n) is 2.65. The molecule has 3 heteroatoms. The van der Waals surface area contributed by atoms with E-state index in [1.54, 1.807) is 4.90 Å². The Morgan fingerprint density at radius 1 is 1.39 bits per heavy atom. The quantitative estimate of drug-likeness (QED) is 0.886. The van der Waals surface area contributed by atoms with Crippen molar-refractivity contribution in [3.05, 3.63) is 35.4 Å². The van der Waals surface area contributed by atoms with Gasteiger partial charge in [0.15, 0.2) is 0 Å². The number of carbonyl (C=O) groups is 1. The van der Waals surface area contributed by atoms with E-state index < -0.39 is 5.60 Å². The third kappa shape index (κ3) is 2.72. The summed E-state index contributed by atoms with van der Waals surface area (Å²) in [5.41, 5.74) is 1.13. The van der Waals surface area contributed by atoms with Crippen molar-refractivity contribution in [3.8, 4) is 0 Å². The van der Waals surface area contributed by atoms with Gasteiger partial charge in [0.25, 0.3) is 5.91 Å². The van der Waals surface area contributed by atoms with Crippen LogP contribution in [0.4, 0.5) is 0 Å². The highest BCUT2D eigenvalue weighted by Crippen LogP contribution is 2.22. The predicted octanol–water partition coefficient (Wildman–Crippen LogP) is 2.24. The van der Waals surface area contributed by atoms with Crippen LogP contribution in [0.2, 0.25) is 0 Å². The topological polar surface area (TPSA) is 40.5 Å². The van der Waals surface area contributed by atoms with Gasteiger partial charge >= 0.3 is 0 Å². The van der Waals surface area contributed by atoms with Crippen LogP contribution in [0.1, 0.15) is 42.6 Å². The third-order valence-corrected chi connectivity index (χ3v) is 3.51. The van der Waals surface area contributed by atoms with Gasteiger partial charge in [-0.05, 0) is 31.4 Å². The fourth-order valence-corrected chi connectivity index (χ4v) is 2.65. The van der Waals surface area contributed by atoms with E-state index >= 15 is 0 Å². The Bertz CT molecular complexity index is 440. The first-order chi connectivity index (χ1) is 8.53. The molecule has 1 heterocycles. The average Bonchev–Trinajstić information content (AvgIpc) is 2.33. The number of nitrogens with zero attached hydrogens (tertiary/aromatic N) is 1. The third-order valence-electron chi connectivity index (χ3n) is 3.51. The summed E-state index contributed by atoms with van der Waals surface area (Å²) in [4.78, 5) is 14.1. The molecule has 0 aliphatic carbocycles. The van der Waals surface area contributed by atoms with Gasteiger partial charge in [-0.1, -0.05) is 31.5 Å². The van der Waals surface area contributed by atoms with E-state index in [0.717, 1.165) is 30.4 Å². The SMILES string of the molecule is CCCC(C)(O)CN1CCc2ccccc2C1=O. The molecule has 0 spiro atoms. The van der Waals surface area contributed by atoms with Crippen molar-refractivity contribution in [3.63, 3.8) is 0 Å². The number of benzene rings is 1. The normalized spacial score (nSPS) is 18.4. The van der Waals surface area contributed by atoms with Crippen LogP contribution in [0.3, 0.4) is 0 Å². The van der Waals surface area contributed by atoms with Crippen molar-refractivity contribution in [2.24, 2.45) is 0 Å². The number of fused-ring (bicyclic) bond motifs is 1. The average molecular weight is 247 g/mol. The van der Waals surface area contributed by atoms with Crippen LogP contribution >= 0.6 is 0 Å². The second kappa shape index (κ2) is 5.11. The van der Waals surface area contributed by atoms with Gasteiger partial charge in [0.05, 0.1) is 5.60 Å². The summed E-state index contributed by atoms with van der Waals surface area (Å²) in [6, 6.07) is 7.74. The molecule has 98 valence electrons. The minimum Gasteiger partial charge on any atom is -0.388 e. The summed E-state index contributed by atoms with van der Waals surface area (Å²) >= 11 is 0. The largest absolute Gasteiger partial charge is 0.388 e. The first-order valence-electron chi connectivity index (χ1n) is 6.63. The van der Waals surface area contributed by atoms with Crippen molar-refractivity contribution in [1.82, 2.24) is 4.90 Å². The second-order valence-electron chi connectivity index (χ2n) is 5.38. The summed E-state index contributed by atoms with van der Waals surface area (Å²) < 4.78 is 0. The molecular formula is C15H21NO2. The van der Waals surface area contributed by atoms with Gasteiger partial charge in [-0.25, -0.2) is 0 Å². The van der Waals surface area contributed by atoms with Crippen LogP contribution in [0, 0.1) is 0 Å². The molecule has 1 N–H and O–H groups in total. The molecule has 1 unspecified atom stereocenters. The van der Waals surface area contributed by atoms with E-state index in [2.05, 4.69) is 0 Å². The van der Waals surface area contributed by atoms with E-state index in [-0.39, 0.29) is 5.91 Å². The highest BCUT2D eigenvalue weighted by Gasteiger charge is 2.29. The van der Waals surface area contributed by atoms with Gasteiger partial charge in [0.1, 0.15) is 0 Å². The molecule has 1 amide bonds. The lowest BCUT2D eigenvalue weighted by atomic mass is 9.95. The highest BCUT2D eigenvalue weighted by atomic mass is 16.3. The lowest BCUT2D eigenvalue weighted by Gasteiger charge is -2.34. The standard InChI is InChI=1S/C15H21NO2/c1-3-9-15(2,18)11-16-10-8-12-6-4-5-7-13(12)14(16)17/h4-7,18H,3,8-11H2,1-2H3. The molecule has 1 aromatic rings. The zero-order valence-electron chi connectivity index (χ0n) is 11.1. The lowest BCUT2D eigenvalue weighted by molar-refractivity contribution is 0.0107. The van der Waals surface area contributed by atoms with E-state index in [9.17, 15) is 9.90 Å². The number of aliphatic hydroxyl groups is 1. The Morgan fingerprint density at radius 2 is 2.11 bits per heavy atom. The Hall–Kier alpha value is -1.35. The zero-order valence-corrected chi connectivity index (χ0v) is 11.1. The van der Waals surface area contributed by atoms with E-state index in [1.165, 1.54) is 0 Å². The van der Waals surface area contributed by atoms with Crippen molar-refractivity contribution < 1.29 is 9.90 Å². The van der Waals surface area contributed by atoms with Gasteiger partial charge in [0.2, 0.25) is 0 Å². The first kappa shape index (κ1) is 13.1.